The number of rotatable bonds is 2. The highest BCUT2D eigenvalue weighted by atomic mass is 32.1. The molecule has 0 saturated carbocycles. The minimum Gasteiger partial charge on any atom is -0.506 e. The molecule has 38 heavy (non-hydrogen) atoms. The summed E-state index contributed by atoms with van der Waals surface area (Å²) < 4.78 is 2.13. The van der Waals surface area contributed by atoms with Crippen LogP contribution in [0.4, 0.5) is 0 Å². The molecule has 0 bridgehead atoms. The number of fused-ring (bicyclic) bond motifs is 6. The summed E-state index contributed by atoms with van der Waals surface area (Å²) in [4.78, 5) is 0. The lowest BCUT2D eigenvalue weighted by atomic mass is 9.85. The summed E-state index contributed by atoms with van der Waals surface area (Å²) in [5, 5.41) is 20.3. The van der Waals surface area contributed by atoms with Gasteiger partial charge in [-0.2, -0.15) is 0 Å². The fourth-order valence-corrected chi connectivity index (χ4v) is 7.13. The first kappa shape index (κ1) is 21.4. The van der Waals surface area contributed by atoms with Crippen molar-refractivity contribution in [2.24, 2.45) is 0 Å². The molecule has 8 rings (SSSR count). The van der Waals surface area contributed by atoms with Gasteiger partial charge in [0, 0.05) is 15.5 Å². The molecule has 0 aliphatic carbocycles. The monoisotopic (exact) mass is 502 g/mol. The Balaban J connectivity index is 1.48. The van der Waals surface area contributed by atoms with Crippen LogP contribution >= 0.6 is 11.3 Å². The largest absolute Gasteiger partial charge is 0.506 e. The number of hydrogen-bond acceptors (Lipinski definition) is 2. The zero-order valence-corrected chi connectivity index (χ0v) is 21.3. The van der Waals surface area contributed by atoms with Crippen molar-refractivity contribution >= 4 is 63.8 Å². The molecule has 1 heterocycles. The first-order chi connectivity index (χ1) is 18.8. The molecule has 0 radical (unpaired) electrons. The van der Waals surface area contributed by atoms with Gasteiger partial charge in [0.05, 0.1) is 4.70 Å². The molecule has 1 N–H and O–H groups in total. The van der Waals surface area contributed by atoms with Gasteiger partial charge < -0.3 is 5.11 Å². The molecule has 7 aromatic carbocycles. The zero-order chi connectivity index (χ0) is 25.2. The summed E-state index contributed by atoms with van der Waals surface area (Å²) in [5.41, 5.74) is 4.95. The second kappa shape index (κ2) is 8.17. The average Bonchev–Trinajstić information content (AvgIpc) is 3.35. The number of aromatic hydroxyl groups is 1. The number of hydrogen-bond donors (Lipinski definition) is 1. The van der Waals surface area contributed by atoms with Crippen molar-refractivity contribution in [2.45, 2.75) is 0 Å². The van der Waals surface area contributed by atoms with Crippen LogP contribution in [0, 0.1) is 0 Å². The molecular formula is C36H22OS. The maximum atomic E-state index is 10.5. The molecule has 0 atom stereocenters. The molecule has 0 spiro atoms. The SMILES string of the molecule is Oc1cccc2c1sc1ccc(-c3c4ccccc4c(-c4ccc5ccccc5c4)c4ccccc34)cc12. The molecule has 2 heteroatoms. The minimum absolute atomic E-state index is 0.348. The fraction of sp³-hybridized carbons (Fsp3) is 0. The number of phenols is 1. The van der Waals surface area contributed by atoms with Crippen molar-refractivity contribution in [2.75, 3.05) is 0 Å². The van der Waals surface area contributed by atoms with Crippen molar-refractivity contribution in [3.8, 4) is 28.0 Å². The molecule has 8 aromatic rings. The van der Waals surface area contributed by atoms with Gasteiger partial charge in [-0.05, 0) is 78.8 Å². The quantitative estimate of drug-likeness (QED) is 0.233. The van der Waals surface area contributed by atoms with Gasteiger partial charge in [-0.15, -0.1) is 11.3 Å². The van der Waals surface area contributed by atoms with E-state index in [1.165, 1.54) is 64.7 Å². The van der Waals surface area contributed by atoms with Gasteiger partial charge in [0.25, 0.3) is 0 Å². The number of benzene rings is 7. The Labute approximate surface area is 223 Å². The zero-order valence-electron chi connectivity index (χ0n) is 20.5. The molecule has 1 aromatic heterocycles. The third kappa shape index (κ3) is 3.11. The summed E-state index contributed by atoms with van der Waals surface area (Å²) in [6.07, 6.45) is 0. The van der Waals surface area contributed by atoms with Crippen molar-refractivity contribution in [3.63, 3.8) is 0 Å². The van der Waals surface area contributed by atoms with E-state index in [1.54, 1.807) is 17.4 Å². The van der Waals surface area contributed by atoms with Crippen LogP contribution in [0.25, 0.3) is 74.7 Å². The van der Waals surface area contributed by atoms with Crippen LogP contribution in [0.3, 0.4) is 0 Å². The van der Waals surface area contributed by atoms with E-state index in [1.807, 2.05) is 6.07 Å². The van der Waals surface area contributed by atoms with E-state index >= 15 is 0 Å². The normalized spacial score (nSPS) is 11.8. The Morgan fingerprint density at radius 2 is 0.974 bits per heavy atom. The molecule has 0 aliphatic heterocycles. The highest BCUT2D eigenvalue weighted by molar-refractivity contribution is 7.26. The fourth-order valence-electron chi connectivity index (χ4n) is 6.03. The lowest BCUT2D eigenvalue weighted by Crippen LogP contribution is -1.91. The molecule has 0 unspecified atom stereocenters. The van der Waals surface area contributed by atoms with Crippen LogP contribution in [-0.2, 0) is 0 Å². The van der Waals surface area contributed by atoms with E-state index in [4.69, 9.17) is 0 Å². The summed E-state index contributed by atoms with van der Waals surface area (Å²) in [7, 11) is 0. The summed E-state index contributed by atoms with van der Waals surface area (Å²) in [5.74, 6) is 0.348. The van der Waals surface area contributed by atoms with Crippen LogP contribution < -0.4 is 0 Å². The third-order valence-corrected chi connectivity index (χ3v) is 8.94. The van der Waals surface area contributed by atoms with Gasteiger partial charge >= 0.3 is 0 Å². The van der Waals surface area contributed by atoms with Gasteiger partial charge in [-0.3, -0.25) is 0 Å². The van der Waals surface area contributed by atoms with Crippen LogP contribution in [0.5, 0.6) is 5.75 Å². The summed E-state index contributed by atoms with van der Waals surface area (Å²) in [6, 6.07) is 45.5. The Hall–Kier alpha value is -4.66. The molecule has 0 saturated heterocycles. The Morgan fingerprint density at radius 3 is 1.66 bits per heavy atom. The molecule has 1 nitrogen and oxygen atoms in total. The van der Waals surface area contributed by atoms with Crippen LogP contribution in [0.1, 0.15) is 0 Å². The average molecular weight is 503 g/mol. The van der Waals surface area contributed by atoms with Gasteiger partial charge in [0.1, 0.15) is 5.75 Å². The van der Waals surface area contributed by atoms with Crippen LogP contribution in [0.15, 0.2) is 127 Å². The van der Waals surface area contributed by atoms with Crippen LogP contribution in [0.2, 0.25) is 0 Å². The molecule has 0 fully saturated rings. The highest BCUT2D eigenvalue weighted by Gasteiger charge is 2.18. The number of thiophene rings is 1. The van der Waals surface area contributed by atoms with E-state index in [2.05, 4.69) is 115 Å². The Kier molecular flexibility index (Phi) is 4.61. The molecule has 0 amide bonds. The summed E-state index contributed by atoms with van der Waals surface area (Å²) >= 11 is 1.65. The smallest absolute Gasteiger partial charge is 0.133 e. The summed E-state index contributed by atoms with van der Waals surface area (Å²) in [6.45, 7) is 0. The Morgan fingerprint density at radius 1 is 0.421 bits per heavy atom. The van der Waals surface area contributed by atoms with Crippen molar-refractivity contribution in [1.82, 2.24) is 0 Å². The van der Waals surface area contributed by atoms with E-state index in [-0.39, 0.29) is 0 Å². The predicted octanol–water partition coefficient (Wildman–Crippen LogP) is 10.6. The lowest BCUT2D eigenvalue weighted by Gasteiger charge is -2.18. The van der Waals surface area contributed by atoms with E-state index in [0.717, 1.165) is 10.1 Å². The van der Waals surface area contributed by atoms with Crippen LogP contribution in [-0.4, -0.2) is 5.11 Å². The maximum Gasteiger partial charge on any atom is 0.133 e. The Bertz CT molecular complexity index is 2150. The van der Waals surface area contributed by atoms with Gasteiger partial charge in [0.2, 0.25) is 0 Å². The molecule has 178 valence electrons. The van der Waals surface area contributed by atoms with Crippen molar-refractivity contribution < 1.29 is 5.11 Å². The van der Waals surface area contributed by atoms with E-state index < -0.39 is 0 Å². The van der Waals surface area contributed by atoms with Gasteiger partial charge in [0.15, 0.2) is 0 Å². The second-order valence-electron chi connectivity index (χ2n) is 9.87. The van der Waals surface area contributed by atoms with Crippen molar-refractivity contribution in [1.29, 1.82) is 0 Å². The standard InChI is InChI=1S/C36H22OS/c37-32-15-7-14-30-31-21-25(18-19-33(31)38-36(30)32)35-28-12-5-3-10-26(28)34(27-11-4-6-13-29(27)35)24-17-16-22-8-1-2-9-23(22)20-24/h1-21,37H. The highest BCUT2D eigenvalue weighted by Crippen LogP contribution is 2.46. The molecular weight excluding hydrogens is 480 g/mol. The van der Waals surface area contributed by atoms with Crippen molar-refractivity contribution in [3.05, 3.63) is 127 Å². The van der Waals surface area contributed by atoms with Gasteiger partial charge in [-0.25, -0.2) is 0 Å². The minimum atomic E-state index is 0.348. The molecule has 0 aliphatic rings. The van der Waals surface area contributed by atoms with Gasteiger partial charge in [-0.1, -0.05) is 103 Å². The number of phenolic OH excluding ortho intramolecular Hbond substituents is 1. The third-order valence-electron chi connectivity index (χ3n) is 7.73. The van der Waals surface area contributed by atoms with E-state index in [9.17, 15) is 5.11 Å². The topological polar surface area (TPSA) is 20.2 Å². The lowest BCUT2D eigenvalue weighted by molar-refractivity contribution is 0.482. The second-order valence-corrected chi connectivity index (χ2v) is 10.9. The van der Waals surface area contributed by atoms with E-state index in [0.29, 0.717) is 5.75 Å². The maximum absolute atomic E-state index is 10.5. The first-order valence-corrected chi connectivity index (χ1v) is 13.7. The predicted molar refractivity (Wildman–Crippen MR) is 164 cm³/mol. The first-order valence-electron chi connectivity index (χ1n) is 12.8.